The lowest BCUT2D eigenvalue weighted by Gasteiger charge is -2.06. The van der Waals surface area contributed by atoms with E-state index in [9.17, 15) is 8.42 Å². The Morgan fingerprint density at radius 3 is 2.50 bits per heavy atom. The summed E-state index contributed by atoms with van der Waals surface area (Å²) in [6.45, 7) is 0.615. The number of aryl methyl sites for hydroxylation is 1. The van der Waals surface area contributed by atoms with Crippen LogP contribution in [0.4, 0.5) is 5.69 Å². The van der Waals surface area contributed by atoms with Crippen LogP contribution in [0.2, 0.25) is 0 Å². The molecule has 1 aromatic heterocycles. The van der Waals surface area contributed by atoms with E-state index in [0.29, 0.717) is 12.2 Å². The van der Waals surface area contributed by atoms with E-state index in [0.717, 1.165) is 10.2 Å². The molecule has 2 N–H and O–H groups in total. The minimum absolute atomic E-state index is 0.258. The lowest BCUT2D eigenvalue weighted by molar-refractivity contribution is 0.601. The van der Waals surface area contributed by atoms with Crippen molar-refractivity contribution in [1.29, 1.82) is 0 Å². The molecular formula is C13H16BrN3O2S. The highest BCUT2D eigenvalue weighted by atomic mass is 79.9. The van der Waals surface area contributed by atoms with Gasteiger partial charge < -0.3 is 9.88 Å². The molecule has 0 spiro atoms. The first kappa shape index (κ1) is 15.1. The van der Waals surface area contributed by atoms with Crippen molar-refractivity contribution in [2.45, 2.75) is 11.4 Å². The van der Waals surface area contributed by atoms with Crippen molar-refractivity contribution in [2.24, 2.45) is 7.05 Å². The van der Waals surface area contributed by atoms with Gasteiger partial charge in [-0.1, -0.05) is 15.9 Å². The molecule has 20 heavy (non-hydrogen) atoms. The topological polar surface area (TPSA) is 63.1 Å². The molecule has 0 aliphatic heterocycles. The second-order valence-electron chi connectivity index (χ2n) is 4.42. The summed E-state index contributed by atoms with van der Waals surface area (Å²) < 4.78 is 29.9. The van der Waals surface area contributed by atoms with E-state index in [-0.39, 0.29) is 4.90 Å². The molecule has 0 radical (unpaired) electrons. The number of nitrogens with one attached hydrogen (secondary N) is 2. The Labute approximate surface area is 127 Å². The number of sulfonamides is 1. The molecule has 0 saturated heterocycles. The minimum atomic E-state index is -3.56. The first-order valence-electron chi connectivity index (χ1n) is 6.00. The third-order valence-electron chi connectivity index (χ3n) is 2.85. The maximum atomic E-state index is 12.3. The van der Waals surface area contributed by atoms with E-state index in [4.69, 9.17) is 0 Å². The van der Waals surface area contributed by atoms with Crippen LogP contribution in [0.1, 0.15) is 5.69 Å². The van der Waals surface area contributed by atoms with Gasteiger partial charge in [-0.25, -0.2) is 8.42 Å². The zero-order valence-electron chi connectivity index (χ0n) is 11.2. The molecule has 2 aromatic rings. The summed E-state index contributed by atoms with van der Waals surface area (Å²) in [6.07, 6.45) is 1.61. The van der Waals surface area contributed by atoms with E-state index in [2.05, 4.69) is 26.0 Å². The maximum absolute atomic E-state index is 12.3. The van der Waals surface area contributed by atoms with Gasteiger partial charge in [-0.2, -0.15) is 0 Å². The van der Waals surface area contributed by atoms with Crippen LogP contribution < -0.4 is 10.0 Å². The third-order valence-corrected chi connectivity index (χ3v) is 4.72. The molecule has 0 saturated carbocycles. The fraction of sp³-hybridized carbons (Fsp3) is 0.231. The van der Waals surface area contributed by atoms with Gasteiger partial charge in [0.1, 0.15) is 4.90 Å². The highest BCUT2D eigenvalue weighted by Crippen LogP contribution is 2.20. The van der Waals surface area contributed by atoms with Gasteiger partial charge in [0.15, 0.2) is 0 Å². The SMILES string of the molecule is CNCc1cc(S(=O)(=O)Nc2ccc(Br)cc2)cn1C. The molecule has 0 amide bonds. The molecule has 0 fully saturated rings. The van der Waals surface area contributed by atoms with Gasteiger partial charge in [0.25, 0.3) is 10.0 Å². The fourth-order valence-electron chi connectivity index (χ4n) is 1.81. The standard InChI is InChI=1S/C13H16BrN3O2S/c1-15-8-12-7-13(9-17(12)2)20(18,19)16-11-5-3-10(14)4-6-11/h3-7,9,15-16H,8H2,1-2H3. The average Bonchev–Trinajstić information content (AvgIpc) is 2.75. The number of hydrogen-bond donors (Lipinski definition) is 2. The molecule has 0 atom stereocenters. The monoisotopic (exact) mass is 357 g/mol. The van der Waals surface area contributed by atoms with Crippen molar-refractivity contribution in [3.05, 3.63) is 46.7 Å². The predicted molar refractivity (Wildman–Crippen MR) is 83.1 cm³/mol. The summed E-state index contributed by atoms with van der Waals surface area (Å²) in [4.78, 5) is 0.258. The number of halogens is 1. The van der Waals surface area contributed by atoms with Gasteiger partial charge in [0.2, 0.25) is 0 Å². The van der Waals surface area contributed by atoms with E-state index in [1.165, 1.54) is 0 Å². The van der Waals surface area contributed by atoms with Crippen LogP contribution in [0.3, 0.4) is 0 Å². The van der Waals surface area contributed by atoms with Crippen LogP contribution in [0.15, 0.2) is 45.9 Å². The van der Waals surface area contributed by atoms with Crippen LogP contribution in [0.5, 0.6) is 0 Å². The first-order chi connectivity index (χ1) is 9.42. The van der Waals surface area contributed by atoms with E-state index < -0.39 is 10.0 Å². The molecule has 1 heterocycles. The number of aromatic nitrogens is 1. The normalized spacial score (nSPS) is 11.6. The summed E-state index contributed by atoms with van der Waals surface area (Å²) in [5, 5.41) is 3.00. The molecule has 0 bridgehead atoms. The number of hydrogen-bond acceptors (Lipinski definition) is 3. The molecule has 0 unspecified atom stereocenters. The Morgan fingerprint density at radius 1 is 1.25 bits per heavy atom. The molecule has 7 heteroatoms. The second-order valence-corrected chi connectivity index (χ2v) is 7.02. The van der Waals surface area contributed by atoms with Crippen molar-refractivity contribution >= 4 is 31.6 Å². The number of rotatable bonds is 5. The third kappa shape index (κ3) is 3.41. The molecule has 1 aromatic carbocycles. The molecule has 0 aliphatic rings. The van der Waals surface area contributed by atoms with E-state index in [1.54, 1.807) is 41.1 Å². The number of benzene rings is 1. The summed E-state index contributed by atoms with van der Waals surface area (Å²) in [5.41, 5.74) is 1.44. The quantitative estimate of drug-likeness (QED) is 0.862. The fourth-order valence-corrected chi connectivity index (χ4v) is 3.23. The Kier molecular flexibility index (Phi) is 4.52. The lowest BCUT2D eigenvalue weighted by Crippen LogP contribution is -2.12. The Balaban J connectivity index is 2.26. The van der Waals surface area contributed by atoms with E-state index in [1.807, 2.05) is 14.1 Å². The van der Waals surface area contributed by atoms with E-state index >= 15 is 0 Å². The molecular weight excluding hydrogens is 342 g/mol. The van der Waals surface area contributed by atoms with Gasteiger partial charge in [-0.3, -0.25) is 4.72 Å². The number of nitrogens with zero attached hydrogens (tertiary/aromatic N) is 1. The highest BCUT2D eigenvalue weighted by Gasteiger charge is 2.17. The van der Waals surface area contributed by atoms with Gasteiger partial charge in [0.05, 0.1) is 0 Å². The zero-order valence-corrected chi connectivity index (χ0v) is 13.6. The van der Waals surface area contributed by atoms with Crippen molar-refractivity contribution in [3.63, 3.8) is 0 Å². The summed E-state index contributed by atoms with van der Waals surface area (Å²) in [7, 11) is 0.0853. The van der Waals surface area contributed by atoms with Crippen LogP contribution in [-0.4, -0.2) is 20.0 Å². The smallest absolute Gasteiger partial charge is 0.263 e. The van der Waals surface area contributed by atoms with Crippen molar-refractivity contribution in [1.82, 2.24) is 9.88 Å². The van der Waals surface area contributed by atoms with Gasteiger partial charge in [-0.05, 0) is 37.4 Å². The Bertz CT molecular complexity index is 693. The lowest BCUT2D eigenvalue weighted by atomic mass is 10.3. The van der Waals surface area contributed by atoms with Crippen LogP contribution in [-0.2, 0) is 23.6 Å². The van der Waals surface area contributed by atoms with Gasteiger partial charge >= 0.3 is 0 Å². The summed E-state index contributed by atoms with van der Waals surface area (Å²) >= 11 is 3.31. The highest BCUT2D eigenvalue weighted by molar-refractivity contribution is 9.10. The Hall–Kier alpha value is -1.31. The van der Waals surface area contributed by atoms with Crippen molar-refractivity contribution in [3.8, 4) is 0 Å². The van der Waals surface area contributed by atoms with Crippen LogP contribution in [0, 0.1) is 0 Å². The van der Waals surface area contributed by atoms with Crippen molar-refractivity contribution < 1.29 is 8.42 Å². The van der Waals surface area contributed by atoms with Crippen LogP contribution >= 0.6 is 15.9 Å². The zero-order chi connectivity index (χ0) is 14.8. The maximum Gasteiger partial charge on any atom is 0.263 e. The molecule has 5 nitrogen and oxygen atoms in total. The molecule has 2 rings (SSSR count). The average molecular weight is 358 g/mol. The van der Waals surface area contributed by atoms with Gasteiger partial charge in [-0.15, -0.1) is 0 Å². The molecule has 108 valence electrons. The second kappa shape index (κ2) is 5.99. The van der Waals surface area contributed by atoms with Crippen molar-refractivity contribution in [2.75, 3.05) is 11.8 Å². The Morgan fingerprint density at radius 2 is 1.90 bits per heavy atom. The predicted octanol–water partition coefficient (Wildman–Crippen LogP) is 2.31. The molecule has 0 aliphatic carbocycles. The number of anilines is 1. The minimum Gasteiger partial charge on any atom is -0.352 e. The van der Waals surface area contributed by atoms with Crippen LogP contribution in [0.25, 0.3) is 0 Å². The first-order valence-corrected chi connectivity index (χ1v) is 8.28. The largest absolute Gasteiger partial charge is 0.352 e. The summed E-state index contributed by atoms with van der Waals surface area (Å²) in [6, 6.07) is 8.65. The van der Waals surface area contributed by atoms with Gasteiger partial charge in [0, 0.05) is 35.6 Å². The summed E-state index contributed by atoms with van der Waals surface area (Å²) in [5.74, 6) is 0.